The lowest BCUT2D eigenvalue weighted by Gasteiger charge is -2.34. The van der Waals surface area contributed by atoms with Crippen LogP contribution in [0.3, 0.4) is 0 Å². The van der Waals surface area contributed by atoms with Crippen molar-refractivity contribution in [3.8, 4) is 0 Å². The fraction of sp³-hybridized carbons (Fsp3) is 0.889. The van der Waals surface area contributed by atoms with Crippen molar-refractivity contribution in [3.05, 3.63) is 0 Å². The van der Waals surface area contributed by atoms with Gasteiger partial charge in [0.1, 0.15) is 0 Å². The summed E-state index contributed by atoms with van der Waals surface area (Å²) >= 11 is 1.70. The number of nitrogens with one attached hydrogen (secondary N) is 2. The molecule has 0 aromatic carbocycles. The second-order valence-corrected chi connectivity index (χ2v) is 5.09. The van der Waals surface area contributed by atoms with Crippen LogP contribution in [0.4, 0.5) is 0 Å². The minimum Gasteiger partial charge on any atom is -0.303 e. The second kappa shape index (κ2) is 4.28. The van der Waals surface area contributed by atoms with Crippen LogP contribution >= 0.6 is 11.8 Å². The van der Waals surface area contributed by atoms with Gasteiger partial charge in [-0.05, 0) is 39.2 Å². The highest BCUT2D eigenvalue weighted by Gasteiger charge is 2.27. The first-order chi connectivity index (χ1) is 5.66. The third-order valence-corrected chi connectivity index (χ3v) is 3.58. The SMILES string of the molecule is CCC(=N)SC1(C)CCCCN1. The van der Waals surface area contributed by atoms with E-state index in [1.54, 1.807) is 11.8 Å². The van der Waals surface area contributed by atoms with E-state index in [1.807, 2.05) is 6.92 Å². The molecule has 1 saturated heterocycles. The lowest BCUT2D eigenvalue weighted by Crippen LogP contribution is -2.43. The van der Waals surface area contributed by atoms with E-state index in [1.165, 1.54) is 19.3 Å². The van der Waals surface area contributed by atoms with Gasteiger partial charge in [-0.2, -0.15) is 0 Å². The van der Waals surface area contributed by atoms with E-state index in [-0.39, 0.29) is 4.87 Å². The molecule has 70 valence electrons. The van der Waals surface area contributed by atoms with Crippen LogP contribution in [0.15, 0.2) is 0 Å². The van der Waals surface area contributed by atoms with Gasteiger partial charge in [0.15, 0.2) is 0 Å². The molecule has 2 nitrogen and oxygen atoms in total. The molecule has 1 atom stereocenters. The topological polar surface area (TPSA) is 35.9 Å². The minimum atomic E-state index is 0.144. The molecule has 1 rings (SSSR count). The van der Waals surface area contributed by atoms with Crippen LogP contribution in [0.25, 0.3) is 0 Å². The highest BCUT2D eigenvalue weighted by molar-refractivity contribution is 8.14. The predicted molar refractivity (Wildman–Crippen MR) is 55.9 cm³/mol. The van der Waals surface area contributed by atoms with Gasteiger partial charge in [-0.25, -0.2) is 0 Å². The van der Waals surface area contributed by atoms with Crippen LogP contribution in [0.5, 0.6) is 0 Å². The van der Waals surface area contributed by atoms with Crippen molar-refractivity contribution in [3.63, 3.8) is 0 Å². The first-order valence-corrected chi connectivity index (χ1v) is 5.49. The summed E-state index contributed by atoms with van der Waals surface area (Å²) in [5, 5.41) is 11.9. The maximum Gasteiger partial charge on any atom is 0.0674 e. The van der Waals surface area contributed by atoms with E-state index in [0.29, 0.717) is 0 Å². The summed E-state index contributed by atoms with van der Waals surface area (Å²) in [6, 6.07) is 0. The van der Waals surface area contributed by atoms with Gasteiger partial charge in [0, 0.05) is 0 Å². The molecule has 0 radical (unpaired) electrons. The average Bonchev–Trinajstić information content (AvgIpc) is 2.05. The Balaban J connectivity index is 2.41. The van der Waals surface area contributed by atoms with Gasteiger partial charge in [-0.3, -0.25) is 5.41 Å². The molecule has 2 N–H and O–H groups in total. The fourth-order valence-electron chi connectivity index (χ4n) is 1.46. The molecule has 1 aliphatic heterocycles. The molecule has 0 aromatic heterocycles. The standard InChI is InChI=1S/C9H18N2S/c1-3-8(10)12-9(2)6-4-5-7-11-9/h10-11H,3-7H2,1-2H3. The molecule has 0 bridgehead atoms. The van der Waals surface area contributed by atoms with E-state index >= 15 is 0 Å². The maximum absolute atomic E-state index is 7.62. The first kappa shape index (κ1) is 10.1. The zero-order chi connectivity index (χ0) is 9.03. The zero-order valence-electron chi connectivity index (χ0n) is 7.94. The van der Waals surface area contributed by atoms with E-state index < -0.39 is 0 Å². The molecule has 1 unspecified atom stereocenters. The smallest absolute Gasteiger partial charge is 0.0674 e. The number of hydrogen-bond acceptors (Lipinski definition) is 3. The number of piperidine rings is 1. The summed E-state index contributed by atoms with van der Waals surface area (Å²) in [7, 11) is 0. The van der Waals surface area contributed by atoms with Gasteiger partial charge in [0.2, 0.25) is 0 Å². The molecule has 1 fully saturated rings. The van der Waals surface area contributed by atoms with Crippen LogP contribution < -0.4 is 5.32 Å². The number of hydrogen-bond donors (Lipinski definition) is 2. The normalized spacial score (nSPS) is 30.2. The number of thioether (sulfide) groups is 1. The minimum absolute atomic E-state index is 0.144. The Morgan fingerprint density at radius 3 is 2.83 bits per heavy atom. The Labute approximate surface area is 79.0 Å². The van der Waals surface area contributed by atoms with E-state index in [2.05, 4.69) is 12.2 Å². The number of rotatable bonds is 2. The summed E-state index contributed by atoms with van der Waals surface area (Å²) in [4.78, 5) is 0.144. The highest BCUT2D eigenvalue weighted by atomic mass is 32.2. The molecule has 1 aliphatic rings. The Morgan fingerprint density at radius 1 is 1.58 bits per heavy atom. The monoisotopic (exact) mass is 186 g/mol. The molecule has 0 aromatic rings. The maximum atomic E-state index is 7.62. The molecular formula is C9H18N2S. The highest BCUT2D eigenvalue weighted by Crippen LogP contribution is 2.31. The summed E-state index contributed by atoms with van der Waals surface area (Å²) in [6.07, 6.45) is 4.64. The molecular weight excluding hydrogens is 168 g/mol. The zero-order valence-corrected chi connectivity index (χ0v) is 8.76. The first-order valence-electron chi connectivity index (χ1n) is 4.68. The molecule has 0 amide bonds. The van der Waals surface area contributed by atoms with E-state index in [9.17, 15) is 0 Å². The van der Waals surface area contributed by atoms with Gasteiger partial charge in [-0.15, -0.1) is 0 Å². The van der Waals surface area contributed by atoms with Gasteiger partial charge >= 0.3 is 0 Å². The van der Waals surface area contributed by atoms with E-state index in [4.69, 9.17) is 5.41 Å². The Hall–Kier alpha value is -0.0200. The van der Waals surface area contributed by atoms with Crippen LogP contribution in [0.1, 0.15) is 39.5 Å². The third-order valence-electron chi connectivity index (χ3n) is 2.25. The molecule has 0 spiro atoms. The van der Waals surface area contributed by atoms with Gasteiger partial charge in [0.05, 0.1) is 9.91 Å². The largest absolute Gasteiger partial charge is 0.303 e. The van der Waals surface area contributed by atoms with Gasteiger partial charge < -0.3 is 5.32 Å². The summed E-state index contributed by atoms with van der Waals surface area (Å²) < 4.78 is 0. The van der Waals surface area contributed by atoms with Crippen molar-refractivity contribution in [1.29, 1.82) is 5.41 Å². The van der Waals surface area contributed by atoms with Crippen molar-refractivity contribution in [2.75, 3.05) is 6.54 Å². The van der Waals surface area contributed by atoms with Crippen LogP contribution in [-0.4, -0.2) is 16.5 Å². The molecule has 0 saturated carbocycles. The predicted octanol–water partition coefficient (Wildman–Crippen LogP) is 2.60. The van der Waals surface area contributed by atoms with E-state index in [0.717, 1.165) is 18.0 Å². The third kappa shape index (κ3) is 2.79. The Morgan fingerprint density at radius 2 is 2.33 bits per heavy atom. The summed E-state index contributed by atoms with van der Waals surface area (Å²) in [5.74, 6) is 0. The fourth-order valence-corrected chi connectivity index (χ4v) is 2.57. The van der Waals surface area contributed by atoms with Gasteiger partial charge in [0.25, 0.3) is 0 Å². The quantitative estimate of drug-likeness (QED) is 0.513. The summed E-state index contributed by atoms with van der Waals surface area (Å²) in [6.45, 7) is 5.36. The van der Waals surface area contributed by atoms with Crippen LogP contribution in [-0.2, 0) is 0 Å². The molecule has 3 heteroatoms. The molecule has 1 heterocycles. The lowest BCUT2D eigenvalue weighted by atomic mass is 10.1. The molecule has 12 heavy (non-hydrogen) atoms. The van der Waals surface area contributed by atoms with Crippen molar-refractivity contribution in [1.82, 2.24) is 5.32 Å². The Kier molecular flexibility index (Phi) is 3.59. The van der Waals surface area contributed by atoms with Crippen molar-refractivity contribution in [2.24, 2.45) is 0 Å². The summed E-state index contributed by atoms with van der Waals surface area (Å²) in [5.41, 5.74) is 0. The second-order valence-electron chi connectivity index (χ2n) is 3.49. The van der Waals surface area contributed by atoms with Crippen molar-refractivity contribution in [2.45, 2.75) is 44.4 Å². The van der Waals surface area contributed by atoms with Crippen LogP contribution in [0.2, 0.25) is 0 Å². The van der Waals surface area contributed by atoms with Crippen molar-refractivity contribution < 1.29 is 0 Å². The average molecular weight is 186 g/mol. The lowest BCUT2D eigenvalue weighted by molar-refractivity contribution is 0.391. The Bertz CT molecular complexity index is 162. The van der Waals surface area contributed by atoms with Crippen LogP contribution in [0, 0.1) is 5.41 Å². The van der Waals surface area contributed by atoms with Gasteiger partial charge in [-0.1, -0.05) is 18.7 Å². The van der Waals surface area contributed by atoms with Crippen molar-refractivity contribution >= 4 is 16.8 Å². The molecule has 0 aliphatic carbocycles.